The van der Waals surface area contributed by atoms with Gasteiger partial charge in [0.05, 0.1) is 5.38 Å². The molecule has 0 bridgehead atoms. The molecule has 18 heavy (non-hydrogen) atoms. The van der Waals surface area contributed by atoms with Crippen LogP contribution >= 0.6 is 11.6 Å². The fourth-order valence-electron chi connectivity index (χ4n) is 1.93. The molecule has 0 aliphatic heterocycles. The maximum Gasteiger partial charge on any atom is 0.126 e. The molecule has 0 radical (unpaired) electrons. The maximum absolute atomic E-state index is 13.2. The molecule has 0 aliphatic rings. The van der Waals surface area contributed by atoms with Crippen molar-refractivity contribution < 1.29 is 8.78 Å². The zero-order chi connectivity index (χ0) is 13.3. The predicted molar refractivity (Wildman–Crippen MR) is 70.0 cm³/mol. The second-order valence-corrected chi connectivity index (χ2v) is 4.86. The van der Waals surface area contributed by atoms with E-state index in [4.69, 9.17) is 11.6 Å². The van der Waals surface area contributed by atoms with E-state index in [2.05, 4.69) is 0 Å². The van der Waals surface area contributed by atoms with Crippen LogP contribution in [-0.4, -0.2) is 0 Å². The Bertz CT molecular complexity index is 558. The third-order valence-electron chi connectivity index (χ3n) is 2.89. The topological polar surface area (TPSA) is 0 Å². The summed E-state index contributed by atoms with van der Waals surface area (Å²) in [6.45, 7) is 3.89. The number of alkyl halides is 1. The summed E-state index contributed by atoms with van der Waals surface area (Å²) in [6.07, 6.45) is 0. The molecule has 0 aromatic heterocycles. The van der Waals surface area contributed by atoms with Gasteiger partial charge in [-0.3, -0.25) is 0 Å². The number of aryl methyl sites for hydroxylation is 2. The summed E-state index contributed by atoms with van der Waals surface area (Å²) >= 11 is 6.32. The molecule has 94 valence electrons. The van der Waals surface area contributed by atoms with Gasteiger partial charge in [0.15, 0.2) is 0 Å². The first-order valence-electron chi connectivity index (χ1n) is 5.64. The molecule has 0 spiro atoms. The van der Waals surface area contributed by atoms with Crippen molar-refractivity contribution in [3.8, 4) is 0 Å². The lowest BCUT2D eigenvalue weighted by Gasteiger charge is -2.14. The minimum atomic E-state index is -0.610. The molecule has 0 N–H and O–H groups in total. The van der Waals surface area contributed by atoms with Gasteiger partial charge in [-0.25, -0.2) is 8.78 Å². The Hall–Kier alpha value is -1.41. The van der Waals surface area contributed by atoms with Crippen molar-refractivity contribution in [2.75, 3.05) is 0 Å². The molecule has 0 nitrogen and oxygen atoms in total. The molecule has 0 amide bonds. The van der Waals surface area contributed by atoms with Crippen molar-refractivity contribution in [3.63, 3.8) is 0 Å². The summed E-state index contributed by atoms with van der Waals surface area (Å²) < 4.78 is 26.4. The molecule has 0 saturated heterocycles. The minimum absolute atomic E-state index is 0.433. The lowest BCUT2D eigenvalue weighted by atomic mass is 9.98. The molecular weight excluding hydrogens is 254 g/mol. The Morgan fingerprint density at radius 2 is 1.56 bits per heavy atom. The van der Waals surface area contributed by atoms with Gasteiger partial charge in [0.2, 0.25) is 0 Å². The summed E-state index contributed by atoms with van der Waals surface area (Å²) in [7, 11) is 0. The monoisotopic (exact) mass is 266 g/mol. The quantitative estimate of drug-likeness (QED) is 0.678. The Morgan fingerprint density at radius 3 is 2.17 bits per heavy atom. The first-order chi connectivity index (χ1) is 8.47. The van der Waals surface area contributed by atoms with Crippen molar-refractivity contribution >= 4 is 11.6 Å². The van der Waals surface area contributed by atoms with Crippen LogP contribution in [0.5, 0.6) is 0 Å². The van der Waals surface area contributed by atoms with Gasteiger partial charge in [-0.1, -0.05) is 23.8 Å². The largest absolute Gasteiger partial charge is 0.207 e. The number of benzene rings is 2. The van der Waals surface area contributed by atoms with Gasteiger partial charge in [-0.15, -0.1) is 11.6 Å². The van der Waals surface area contributed by atoms with Gasteiger partial charge in [0, 0.05) is 6.07 Å². The van der Waals surface area contributed by atoms with Gasteiger partial charge in [-0.05, 0) is 42.7 Å². The van der Waals surface area contributed by atoms with E-state index in [0.717, 1.165) is 22.8 Å². The fourth-order valence-corrected chi connectivity index (χ4v) is 2.30. The zero-order valence-corrected chi connectivity index (χ0v) is 10.9. The number of rotatable bonds is 2. The smallest absolute Gasteiger partial charge is 0.126 e. The summed E-state index contributed by atoms with van der Waals surface area (Å²) in [5, 5.41) is -0.546. The van der Waals surface area contributed by atoms with Gasteiger partial charge >= 0.3 is 0 Å². The van der Waals surface area contributed by atoms with E-state index < -0.39 is 17.0 Å². The van der Waals surface area contributed by atoms with Crippen LogP contribution in [0.4, 0.5) is 8.78 Å². The van der Waals surface area contributed by atoms with Crippen LogP contribution in [0.25, 0.3) is 0 Å². The van der Waals surface area contributed by atoms with Gasteiger partial charge in [0.25, 0.3) is 0 Å². The van der Waals surface area contributed by atoms with Gasteiger partial charge < -0.3 is 0 Å². The zero-order valence-electron chi connectivity index (χ0n) is 10.2. The van der Waals surface area contributed by atoms with Crippen LogP contribution in [0.2, 0.25) is 0 Å². The van der Waals surface area contributed by atoms with Crippen LogP contribution in [0.1, 0.15) is 27.6 Å². The average Bonchev–Trinajstić information content (AvgIpc) is 2.30. The average molecular weight is 267 g/mol. The molecule has 0 fully saturated rings. The predicted octanol–water partition coefficient (Wildman–Crippen LogP) is 4.91. The van der Waals surface area contributed by atoms with Crippen molar-refractivity contribution in [2.45, 2.75) is 19.2 Å². The van der Waals surface area contributed by atoms with Crippen LogP contribution in [-0.2, 0) is 0 Å². The van der Waals surface area contributed by atoms with E-state index in [1.807, 2.05) is 32.0 Å². The summed E-state index contributed by atoms with van der Waals surface area (Å²) in [5.74, 6) is -1.22. The summed E-state index contributed by atoms with van der Waals surface area (Å²) in [4.78, 5) is 0. The van der Waals surface area contributed by atoms with E-state index in [-0.39, 0.29) is 0 Å². The van der Waals surface area contributed by atoms with E-state index >= 15 is 0 Å². The lowest BCUT2D eigenvalue weighted by Crippen LogP contribution is -1.98. The summed E-state index contributed by atoms with van der Waals surface area (Å²) in [6, 6.07) is 9.25. The van der Waals surface area contributed by atoms with Crippen molar-refractivity contribution in [2.24, 2.45) is 0 Å². The Labute approximate surface area is 110 Å². The van der Waals surface area contributed by atoms with Gasteiger partial charge in [0.1, 0.15) is 11.6 Å². The lowest BCUT2D eigenvalue weighted by molar-refractivity contribution is 0.580. The molecule has 0 aliphatic carbocycles. The van der Waals surface area contributed by atoms with Crippen LogP contribution in [0.15, 0.2) is 36.4 Å². The van der Waals surface area contributed by atoms with Crippen molar-refractivity contribution in [1.29, 1.82) is 0 Å². The second-order valence-electron chi connectivity index (χ2n) is 4.43. The number of hydrogen-bond donors (Lipinski definition) is 0. The molecule has 2 aromatic carbocycles. The minimum Gasteiger partial charge on any atom is -0.207 e. The van der Waals surface area contributed by atoms with Crippen LogP contribution in [0.3, 0.4) is 0 Å². The normalized spacial score (nSPS) is 12.5. The molecular formula is C15H13ClF2. The van der Waals surface area contributed by atoms with Crippen molar-refractivity contribution in [1.82, 2.24) is 0 Å². The highest BCUT2D eigenvalue weighted by Gasteiger charge is 2.15. The van der Waals surface area contributed by atoms with E-state index in [0.29, 0.717) is 5.56 Å². The molecule has 1 unspecified atom stereocenters. The standard InChI is InChI=1S/C15H13ClF2/c1-9-3-4-10(2)14(5-9)15(16)11-6-12(17)8-13(18)7-11/h3-8,15H,1-2H3. The SMILES string of the molecule is Cc1ccc(C)c(C(Cl)c2cc(F)cc(F)c2)c1. The third-order valence-corrected chi connectivity index (χ3v) is 3.37. The molecule has 3 heteroatoms. The summed E-state index contributed by atoms with van der Waals surface area (Å²) in [5.41, 5.74) is 3.38. The third kappa shape index (κ3) is 2.70. The number of hydrogen-bond acceptors (Lipinski definition) is 0. The molecule has 2 rings (SSSR count). The van der Waals surface area contributed by atoms with E-state index in [1.54, 1.807) is 0 Å². The van der Waals surface area contributed by atoms with Crippen molar-refractivity contribution in [3.05, 3.63) is 70.3 Å². The maximum atomic E-state index is 13.2. The second kappa shape index (κ2) is 5.07. The Balaban J connectivity index is 2.47. The molecule has 0 heterocycles. The highest BCUT2D eigenvalue weighted by Crippen LogP contribution is 2.32. The van der Waals surface area contributed by atoms with E-state index in [1.165, 1.54) is 12.1 Å². The highest BCUT2D eigenvalue weighted by atomic mass is 35.5. The fraction of sp³-hybridized carbons (Fsp3) is 0.200. The first kappa shape index (κ1) is 13.0. The van der Waals surface area contributed by atoms with Gasteiger partial charge in [-0.2, -0.15) is 0 Å². The first-order valence-corrected chi connectivity index (χ1v) is 6.08. The van der Waals surface area contributed by atoms with Crippen LogP contribution in [0, 0.1) is 25.5 Å². The number of halogens is 3. The Morgan fingerprint density at radius 1 is 0.944 bits per heavy atom. The van der Waals surface area contributed by atoms with E-state index in [9.17, 15) is 8.78 Å². The molecule has 1 atom stereocenters. The molecule has 2 aromatic rings. The highest BCUT2D eigenvalue weighted by molar-refractivity contribution is 6.22. The molecule has 0 saturated carbocycles. The Kier molecular flexibility index (Phi) is 3.67. The van der Waals surface area contributed by atoms with Crippen LogP contribution < -0.4 is 0 Å².